The molecule has 0 unspecified atom stereocenters. The van der Waals surface area contributed by atoms with Gasteiger partial charge in [0.25, 0.3) is 0 Å². The Kier molecular flexibility index (Phi) is 5.00. The van der Waals surface area contributed by atoms with E-state index in [4.69, 9.17) is 0 Å². The van der Waals surface area contributed by atoms with Crippen LogP contribution in [-0.2, 0) is 6.42 Å². The SMILES string of the molecule is CCCNc1nc(Cc2ccc(F)cc2F)ncc1Br. The maximum atomic E-state index is 13.6. The van der Waals surface area contributed by atoms with E-state index in [2.05, 4.69) is 38.1 Å². The number of aromatic nitrogens is 2. The molecule has 0 atom stereocenters. The first kappa shape index (κ1) is 14.8. The summed E-state index contributed by atoms with van der Waals surface area (Å²) < 4.78 is 27.2. The van der Waals surface area contributed by atoms with E-state index in [0.29, 0.717) is 17.2 Å². The van der Waals surface area contributed by atoms with Gasteiger partial charge in [0.2, 0.25) is 0 Å². The standard InChI is InChI=1S/C14H14BrF2N3/c1-2-5-18-14-11(15)8-19-13(20-14)6-9-3-4-10(16)7-12(9)17/h3-4,7-8H,2,5-6H2,1H3,(H,18,19,20). The summed E-state index contributed by atoms with van der Waals surface area (Å²) in [4.78, 5) is 8.49. The maximum Gasteiger partial charge on any atom is 0.144 e. The van der Waals surface area contributed by atoms with Gasteiger partial charge in [0.15, 0.2) is 0 Å². The molecule has 1 aromatic carbocycles. The lowest BCUT2D eigenvalue weighted by Crippen LogP contribution is -2.06. The van der Waals surface area contributed by atoms with Gasteiger partial charge < -0.3 is 5.32 Å². The van der Waals surface area contributed by atoms with Gasteiger partial charge in [-0.15, -0.1) is 0 Å². The molecule has 1 aromatic heterocycles. The minimum Gasteiger partial charge on any atom is -0.369 e. The molecule has 0 radical (unpaired) electrons. The highest BCUT2D eigenvalue weighted by Crippen LogP contribution is 2.20. The Bertz CT molecular complexity index is 605. The van der Waals surface area contributed by atoms with Crippen LogP contribution in [0.3, 0.4) is 0 Å². The molecule has 20 heavy (non-hydrogen) atoms. The maximum absolute atomic E-state index is 13.6. The number of halogens is 3. The van der Waals surface area contributed by atoms with Crippen LogP contribution < -0.4 is 5.32 Å². The monoisotopic (exact) mass is 341 g/mol. The van der Waals surface area contributed by atoms with Gasteiger partial charge in [0, 0.05) is 25.2 Å². The van der Waals surface area contributed by atoms with Gasteiger partial charge in [-0.3, -0.25) is 0 Å². The third-order valence-electron chi connectivity index (χ3n) is 2.70. The molecule has 0 aliphatic heterocycles. The van der Waals surface area contributed by atoms with Crippen LogP contribution in [-0.4, -0.2) is 16.5 Å². The van der Waals surface area contributed by atoms with Crippen molar-refractivity contribution >= 4 is 21.7 Å². The molecule has 2 aromatic rings. The van der Waals surface area contributed by atoms with Crippen LogP contribution in [0.5, 0.6) is 0 Å². The molecule has 0 amide bonds. The van der Waals surface area contributed by atoms with Gasteiger partial charge in [-0.2, -0.15) is 0 Å². The van der Waals surface area contributed by atoms with Crippen molar-refractivity contribution in [2.75, 3.05) is 11.9 Å². The van der Waals surface area contributed by atoms with Crippen LogP contribution in [0.1, 0.15) is 24.7 Å². The highest BCUT2D eigenvalue weighted by molar-refractivity contribution is 9.10. The quantitative estimate of drug-likeness (QED) is 0.895. The Labute approximate surface area is 124 Å². The fourth-order valence-corrected chi connectivity index (χ4v) is 2.02. The molecular formula is C14H14BrF2N3. The minimum atomic E-state index is -0.590. The van der Waals surface area contributed by atoms with E-state index >= 15 is 0 Å². The Morgan fingerprint density at radius 1 is 1.30 bits per heavy atom. The van der Waals surface area contributed by atoms with Gasteiger partial charge in [-0.1, -0.05) is 13.0 Å². The van der Waals surface area contributed by atoms with Crippen molar-refractivity contribution in [1.82, 2.24) is 9.97 Å². The Hall–Kier alpha value is -1.56. The normalized spacial score (nSPS) is 10.6. The molecule has 0 bridgehead atoms. The predicted molar refractivity (Wildman–Crippen MR) is 77.7 cm³/mol. The lowest BCUT2D eigenvalue weighted by molar-refractivity contribution is 0.573. The van der Waals surface area contributed by atoms with Crippen LogP contribution in [0.15, 0.2) is 28.9 Å². The highest BCUT2D eigenvalue weighted by Gasteiger charge is 2.09. The third-order valence-corrected chi connectivity index (χ3v) is 3.28. The van der Waals surface area contributed by atoms with E-state index in [1.54, 1.807) is 6.20 Å². The molecule has 0 spiro atoms. The van der Waals surface area contributed by atoms with E-state index in [1.807, 2.05) is 0 Å². The predicted octanol–water partition coefficient (Wildman–Crippen LogP) is 3.93. The van der Waals surface area contributed by atoms with E-state index in [9.17, 15) is 8.78 Å². The largest absolute Gasteiger partial charge is 0.369 e. The molecule has 106 valence electrons. The summed E-state index contributed by atoms with van der Waals surface area (Å²) in [7, 11) is 0. The van der Waals surface area contributed by atoms with E-state index < -0.39 is 11.6 Å². The fraction of sp³-hybridized carbons (Fsp3) is 0.286. The molecule has 0 aliphatic carbocycles. The summed E-state index contributed by atoms with van der Waals surface area (Å²) in [6.45, 7) is 2.84. The highest BCUT2D eigenvalue weighted by atomic mass is 79.9. The number of anilines is 1. The summed E-state index contributed by atoms with van der Waals surface area (Å²) in [5.41, 5.74) is 0.371. The topological polar surface area (TPSA) is 37.8 Å². The van der Waals surface area contributed by atoms with Crippen LogP contribution in [0, 0.1) is 11.6 Å². The molecular weight excluding hydrogens is 328 g/mol. The minimum absolute atomic E-state index is 0.222. The first-order valence-corrected chi connectivity index (χ1v) is 7.08. The van der Waals surface area contributed by atoms with Crippen LogP contribution in [0.4, 0.5) is 14.6 Å². The Morgan fingerprint density at radius 3 is 2.80 bits per heavy atom. The van der Waals surface area contributed by atoms with E-state index in [-0.39, 0.29) is 6.42 Å². The van der Waals surface area contributed by atoms with Crippen LogP contribution in [0.25, 0.3) is 0 Å². The number of benzene rings is 1. The lowest BCUT2D eigenvalue weighted by Gasteiger charge is -2.08. The second-order valence-corrected chi connectivity index (χ2v) is 5.18. The van der Waals surface area contributed by atoms with Crippen molar-refractivity contribution in [3.63, 3.8) is 0 Å². The van der Waals surface area contributed by atoms with Gasteiger partial charge in [-0.05, 0) is 34.0 Å². The Morgan fingerprint density at radius 2 is 2.10 bits per heavy atom. The van der Waals surface area contributed by atoms with Crippen molar-refractivity contribution in [2.45, 2.75) is 19.8 Å². The summed E-state index contributed by atoms with van der Waals surface area (Å²) in [6, 6.07) is 3.51. The van der Waals surface area contributed by atoms with Crippen molar-refractivity contribution < 1.29 is 8.78 Å². The first-order valence-electron chi connectivity index (χ1n) is 6.29. The smallest absolute Gasteiger partial charge is 0.144 e. The van der Waals surface area contributed by atoms with Gasteiger partial charge in [-0.25, -0.2) is 18.7 Å². The number of hydrogen-bond acceptors (Lipinski definition) is 3. The summed E-state index contributed by atoms with van der Waals surface area (Å²) >= 11 is 3.36. The molecule has 2 rings (SSSR count). The zero-order chi connectivity index (χ0) is 14.5. The van der Waals surface area contributed by atoms with Crippen LogP contribution >= 0.6 is 15.9 Å². The van der Waals surface area contributed by atoms with E-state index in [0.717, 1.165) is 23.5 Å². The van der Waals surface area contributed by atoms with Gasteiger partial charge in [0.1, 0.15) is 23.3 Å². The third kappa shape index (κ3) is 3.72. The second kappa shape index (κ2) is 6.74. The average molecular weight is 342 g/mol. The molecule has 1 N–H and O–H groups in total. The average Bonchev–Trinajstić information content (AvgIpc) is 2.42. The lowest BCUT2D eigenvalue weighted by atomic mass is 10.1. The second-order valence-electron chi connectivity index (χ2n) is 4.32. The van der Waals surface area contributed by atoms with Gasteiger partial charge >= 0.3 is 0 Å². The van der Waals surface area contributed by atoms with Crippen molar-refractivity contribution in [3.05, 3.63) is 51.9 Å². The van der Waals surface area contributed by atoms with Crippen LogP contribution in [0.2, 0.25) is 0 Å². The molecule has 0 fully saturated rings. The van der Waals surface area contributed by atoms with Gasteiger partial charge in [0.05, 0.1) is 4.47 Å². The molecule has 0 saturated heterocycles. The molecule has 1 heterocycles. The summed E-state index contributed by atoms with van der Waals surface area (Å²) in [5, 5.41) is 3.16. The molecule has 3 nitrogen and oxygen atoms in total. The van der Waals surface area contributed by atoms with E-state index in [1.165, 1.54) is 12.1 Å². The molecule has 6 heteroatoms. The zero-order valence-corrected chi connectivity index (χ0v) is 12.5. The summed E-state index contributed by atoms with van der Waals surface area (Å²) in [6.07, 6.45) is 2.82. The molecule has 0 saturated carbocycles. The number of nitrogens with zero attached hydrogens (tertiary/aromatic N) is 2. The zero-order valence-electron chi connectivity index (χ0n) is 11.0. The fourth-order valence-electron chi connectivity index (χ4n) is 1.69. The number of rotatable bonds is 5. The first-order chi connectivity index (χ1) is 9.60. The summed E-state index contributed by atoms with van der Waals surface area (Å²) in [5.74, 6) is -0.00968. The van der Waals surface area contributed by atoms with Crippen molar-refractivity contribution in [1.29, 1.82) is 0 Å². The number of nitrogens with one attached hydrogen (secondary N) is 1. The number of hydrogen-bond donors (Lipinski definition) is 1. The Balaban J connectivity index is 2.20. The van der Waals surface area contributed by atoms with Crippen molar-refractivity contribution in [3.8, 4) is 0 Å². The van der Waals surface area contributed by atoms with Crippen molar-refractivity contribution in [2.24, 2.45) is 0 Å². The molecule has 0 aliphatic rings.